The van der Waals surface area contributed by atoms with Crippen LogP contribution in [0.25, 0.3) is 0 Å². The number of methoxy groups -OCH3 is 1. The molecule has 0 aliphatic carbocycles. The Labute approximate surface area is 91.7 Å². The van der Waals surface area contributed by atoms with Gasteiger partial charge in [0, 0.05) is 0 Å². The van der Waals surface area contributed by atoms with E-state index in [4.69, 9.17) is 4.74 Å². The molecule has 1 aromatic rings. The van der Waals surface area contributed by atoms with E-state index in [0.29, 0.717) is 0 Å². The average molecular weight is 228 g/mol. The van der Waals surface area contributed by atoms with Crippen molar-refractivity contribution in [1.29, 1.82) is 0 Å². The molecule has 0 bridgehead atoms. The van der Waals surface area contributed by atoms with Gasteiger partial charge in [0.15, 0.2) is 5.78 Å². The third-order valence-corrected chi connectivity index (χ3v) is 4.58. The van der Waals surface area contributed by atoms with Crippen molar-refractivity contribution in [2.24, 2.45) is 0 Å². The molecule has 4 heteroatoms. The number of carbonyl (C=O) groups excluding carboxylic acids is 1. The summed E-state index contributed by atoms with van der Waals surface area (Å²) in [6.07, 6.45) is 2.18. The Hall–Kier alpha value is -0.480. The number of rotatable bonds is 3. The number of ether oxygens (including phenoxy) is 1. The lowest BCUT2D eigenvalue weighted by molar-refractivity contribution is 0.0990. The second kappa shape index (κ2) is 4.36. The number of hydrogen-bond acceptors (Lipinski definition) is 4. The van der Waals surface area contributed by atoms with E-state index in [1.165, 1.54) is 11.3 Å². The van der Waals surface area contributed by atoms with E-state index in [1.807, 2.05) is 11.4 Å². The molecular weight excluding hydrogens is 216 g/mol. The highest BCUT2D eigenvalue weighted by atomic mass is 32.2. The lowest BCUT2D eigenvalue weighted by Crippen LogP contribution is -2.13. The van der Waals surface area contributed by atoms with Crippen LogP contribution in [0.3, 0.4) is 0 Å². The number of carbonyl (C=O) groups is 1. The molecule has 1 saturated heterocycles. The zero-order chi connectivity index (χ0) is 9.97. The van der Waals surface area contributed by atoms with Crippen molar-refractivity contribution in [3.05, 3.63) is 16.3 Å². The van der Waals surface area contributed by atoms with Crippen LogP contribution in [0.15, 0.2) is 11.4 Å². The first-order valence-corrected chi connectivity index (χ1v) is 6.53. The SMILES string of the molecule is COc1ccsc1C(=O)C1CCCS1. The van der Waals surface area contributed by atoms with Gasteiger partial charge in [-0.3, -0.25) is 4.79 Å². The highest BCUT2D eigenvalue weighted by molar-refractivity contribution is 8.00. The lowest BCUT2D eigenvalue weighted by Gasteiger charge is -2.06. The van der Waals surface area contributed by atoms with Crippen LogP contribution in [0.4, 0.5) is 0 Å². The van der Waals surface area contributed by atoms with Crippen molar-refractivity contribution < 1.29 is 9.53 Å². The van der Waals surface area contributed by atoms with Crippen molar-refractivity contribution in [3.8, 4) is 5.75 Å². The van der Waals surface area contributed by atoms with Crippen LogP contribution in [0.2, 0.25) is 0 Å². The summed E-state index contributed by atoms with van der Waals surface area (Å²) in [6.45, 7) is 0. The molecule has 0 aromatic carbocycles. The maximum atomic E-state index is 12.0. The molecule has 2 nitrogen and oxygen atoms in total. The Balaban J connectivity index is 2.17. The molecule has 1 unspecified atom stereocenters. The highest BCUT2D eigenvalue weighted by Gasteiger charge is 2.27. The highest BCUT2D eigenvalue weighted by Crippen LogP contribution is 2.34. The molecule has 14 heavy (non-hydrogen) atoms. The fraction of sp³-hybridized carbons (Fsp3) is 0.500. The van der Waals surface area contributed by atoms with Crippen molar-refractivity contribution in [2.75, 3.05) is 12.9 Å². The zero-order valence-electron chi connectivity index (χ0n) is 7.99. The van der Waals surface area contributed by atoms with Crippen LogP contribution in [-0.4, -0.2) is 23.9 Å². The minimum absolute atomic E-state index is 0.169. The molecule has 2 heterocycles. The Morgan fingerprint density at radius 1 is 1.64 bits per heavy atom. The molecule has 76 valence electrons. The summed E-state index contributed by atoms with van der Waals surface area (Å²) < 4.78 is 5.15. The molecule has 0 saturated carbocycles. The summed E-state index contributed by atoms with van der Waals surface area (Å²) in [7, 11) is 1.61. The number of hydrogen-bond donors (Lipinski definition) is 0. The molecule has 1 atom stereocenters. The molecule has 0 N–H and O–H groups in total. The number of ketones is 1. The van der Waals surface area contributed by atoms with Gasteiger partial charge >= 0.3 is 0 Å². The minimum Gasteiger partial charge on any atom is -0.495 e. The van der Waals surface area contributed by atoms with Crippen LogP contribution in [-0.2, 0) is 0 Å². The smallest absolute Gasteiger partial charge is 0.189 e. The Morgan fingerprint density at radius 2 is 2.50 bits per heavy atom. The number of thiophene rings is 1. The largest absolute Gasteiger partial charge is 0.495 e. The fourth-order valence-corrected chi connectivity index (χ4v) is 3.72. The maximum absolute atomic E-state index is 12.0. The summed E-state index contributed by atoms with van der Waals surface area (Å²) in [6, 6.07) is 1.86. The predicted molar refractivity (Wildman–Crippen MR) is 60.7 cm³/mol. The predicted octanol–water partition coefficient (Wildman–Crippen LogP) is 2.84. The van der Waals surface area contributed by atoms with Gasteiger partial charge in [0.25, 0.3) is 0 Å². The first-order chi connectivity index (χ1) is 6.83. The van der Waals surface area contributed by atoms with E-state index in [1.54, 1.807) is 18.9 Å². The normalized spacial score (nSPS) is 21.1. The Bertz CT molecular complexity index is 327. The monoisotopic (exact) mass is 228 g/mol. The van der Waals surface area contributed by atoms with Gasteiger partial charge in [-0.15, -0.1) is 11.3 Å². The van der Waals surface area contributed by atoms with Gasteiger partial charge < -0.3 is 4.74 Å². The summed E-state index contributed by atoms with van der Waals surface area (Å²) in [5.41, 5.74) is 0. The van der Waals surface area contributed by atoms with Crippen molar-refractivity contribution in [3.63, 3.8) is 0 Å². The van der Waals surface area contributed by atoms with E-state index in [2.05, 4.69) is 0 Å². The van der Waals surface area contributed by atoms with Crippen molar-refractivity contribution >= 4 is 28.9 Å². The van der Waals surface area contributed by atoms with Crippen molar-refractivity contribution in [1.82, 2.24) is 0 Å². The van der Waals surface area contributed by atoms with E-state index >= 15 is 0 Å². The van der Waals surface area contributed by atoms with Crippen LogP contribution in [0.5, 0.6) is 5.75 Å². The van der Waals surface area contributed by atoms with Crippen LogP contribution < -0.4 is 4.74 Å². The molecule has 0 spiro atoms. The fourth-order valence-electron chi connectivity index (χ4n) is 1.57. The number of thioether (sulfide) groups is 1. The summed E-state index contributed by atoms with van der Waals surface area (Å²) in [5.74, 6) is 2.09. The maximum Gasteiger partial charge on any atom is 0.189 e. The zero-order valence-corrected chi connectivity index (χ0v) is 9.62. The third kappa shape index (κ3) is 1.81. The minimum atomic E-state index is 0.169. The van der Waals surface area contributed by atoms with Gasteiger partial charge in [-0.2, -0.15) is 11.8 Å². The average Bonchev–Trinajstić information content (AvgIpc) is 2.87. The lowest BCUT2D eigenvalue weighted by atomic mass is 10.1. The third-order valence-electron chi connectivity index (χ3n) is 2.29. The van der Waals surface area contributed by atoms with E-state index in [9.17, 15) is 4.79 Å². The summed E-state index contributed by atoms with van der Waals surface area (Å²) >= 11 is 3.25. The van der Waals surface area contributed by atoms with Crippen LogP contribution in [0, 0.1) is 0 Å². The van der Waals surface area contributed by atoms with Gasteiger partial charge in [-0.05, 0) is 30.0 Å². The van der Waals surface area contributed by atoms with E-state index < -0.39 is 0 Å². The van der Waals surface area contributed by atoms with Crippen molar-refractivity contribution in [2.45, 2.75) is 18.1 Å². The number of Topliss-reactive ketones (excluding diaryl/α,β-unsaturated/α-hetero) is 1. The Morgan fingerprint density at radius 3 is 3.14 bits per heavy atom. The van der Waals surface area contributed by atoms with Crippen LogP contribution >= 0.6 is 23.1 Å². The molecule has 2 rings (SSSR count). The first kappa shape index (κ1) is 10.1. The van der Waals surface area contributed by atoms with Gasteiger partial charge in [-0.1, -0.05) is 0 Å². The standard InChI is InChI=1S/C10H12O2S2/c1-12-7-4-6-14-10(7)9(11)8-3-2-5-13-8/h4,6,8H,2-3,5H2,1H3. The van der Waals surface area contributed by atoms with E-state index in [0.717, 1.165) is 29.2 Å². The van der Waals surface area contributed by atoms with Gasteiger partial charge in [-0.25, -0.2) is 0 Å². The van der Waals surface area contributed by atoms with Gasteiger partial charge in [0.05, 0.1) is 12.4 Å². The molecule has 1 aliphatic heterocycles. The Kier molecular flexibility index (Phi) is 3.13. The molecular formula is C10H12O2S2. The molecule has 1 aliphatic rings. The first-order valence-electron chi connectivity index (χ1n) is 4.60. The van der Waals surface area contributed by atoms with Crippen LogP contribution in [0.1, 0.15) is 22.5 Å². The summed E-state index contributed by atoms with van der Waals surface area (Å²) in [5, 5.41) is 2.08. The summed E-state index contributed by atoms with van der Waals surface area (Å²) in [4.78, 5) is 12.8. The molecule has 0 radical (unpaired) electrons. The molecule has 0 amide bonds. The molecule has 1 aromatic heterocycles. The quantitative estimate of drug-likeness (QED) is 0.744. The second-order valence-corrected chi connectivity index (χ2v) is 5.41. The second-order valence-electron chi connectivity index (χ2n) is 3.18. The van der Waals surface area contributed by atoms with E-state index in [-0.39, 0.29) is 11.0 Å². The molecule has 1 fully saturated rings. The van der Waals surface area contributed by atoms with Gasteiger partial charge in [0.1, 0.15) is 10.6 Å². The van der Waals surface area contributed by atoms with Gasteiger partial charge in [0.2, 0.25) is 0 Å². The topological polar surface area (TPSA) is 26.3 Å².